The van der Waals surface area contributed by atoms with Crippen molar-refractivity contribution in [2.75, 3.05) is 13.6 Å². The summed E-state index contributed by atoms with van der Waals surface area (Å²) in [4.78, 5) is 24.0. The molecule has 150 valence electrons. The molecule has 1 aromatic rings. The molecule has 1 amide bonds. The van der Waals surface area contributed by atoms with Crippen molar-refractivity contribution in [1.82, 2.24) is 9.62 Å². The minimum Gasteiger partial charge on any atom is -0.452 e. The van der Waals surface area contributed by atoms with Gasteiger partial charge in [0.2, 0.25) is 10.0 Å². The van der Waals surface area contributed by atoms with E-state index in [2.05, 4.69) is 5.32 Å². The molecule has 1 fully saturated rings. The molecule has 7 nitrogen and oxygen atoms in total. The summed E-state index contributed by atoms with van der Waals surface area (Å²) < 4.78 is 43.6. The number of esters is 1. The average Bonchev–Trinajstić information content (AvgIpc) is 2.62. The average molecular weight is 400 g/mol. The number of nitrogens with zero attached hydrogens (tertiary/aromatic N) is 1. The molecule has 2 rings (SSSR count). The van der Waals surface area contributed by atoms with Gasteiger partial charge in [-0.05, 0) is 44.0 Å². The highest BCUT2D eigenvalue weighted by molar-refractivity contribution is 7.89. The number of nitrogens with one attached hydrogen (secondary N) is 1. The molecule has 1 aliphatic rings. The SMILES string of the molecule is CC(OC(=O)CN(C)S(=O)(=O)c1ccc(F)cc1)C(=O)NC1CCCCC1. The Kier molecular flexibility index (Phi) is 7.32. The van der Waals surface area contributed by atoms with Crippen LogP contribution < -0.4 is 5.32 Å². The third-order valence-corrected chi connectivity index (χ3v) is 6.32. The van der Waals surface area contributed by atoms with Gasteiger partial charge in [0, 0.05) is 13.1 Å². The van der Waals surface area contributed by atoms with Crippen LogP contribution in [0.5, 0.6) is 0 Å². The molecule has 0 aliphatic heterocycles. The Labute approximate surface area is 158 Å². The second-order valence-electron chi connectivity index (χ2n) is 6.69. The zero-order valence-corrected chi connectivity index (χ0v) is 16.3. The van der Waals surface area contributed by atoms with Crippen molar-refractivity contribution < 1.29 is 27.1 Å². The van der Waals surface area contributed by atoms with Crippen LogP contribution in [0.4, 0.5) is 4.39 Å². The van der Waals surface area contributed by atoms with E-state index >= 15 is 0 Å². The number of benzene rings is 1. The number of halogens is 1. The van der Waals surface area contributed by atoms with E-state index in [9.17, 15) is 22.4 Å². The van der Waals surface area contributed by atoms with Gasteiger partial charge in [-0.25, -0.2) is 12.8 Å². The third-order valence-electron chi connectivity index (χ3n) is 4.50. The molecule has 0 aromatic heterocycles. The molecule has 1 aromatic carbocycles. The van der Waals surface area contributed by atoms with Crippen LogP contribution >= 0.6 is 0 Å². The molecule has 9 heteroatoms. The molecule has 1 aliphatic carbocycles. The van der Waals surface area contributed by atoms with E-state index < -0.39 is 34.5 Å². The van der Waals surface area contributed by atoms with Crippen LogP contribution in [0, 0.1) is 5.82 Å². The third kappa shape index (κ3) is 6.00. The number of amides is 1. The van der Waals surface area contributed by atoms with Gasteiger partial charge in [0.05, 0.1) is 4.90 Å². The number of likely N-dealkylation sites (N-methyl/N-ethyl adjacent to an activating group) is 1. The van der Waals surface area contributed by atoms with Gasteiger partial charge in [-0.3, -0.25) is 9.59 Å². The predicted octanol–water partition coefficient (Wildman–Crippen LogP) is 1.83. The summed E-state index contributed by atoms with van der Waals surface area (Å²) in [5.41, 5.74) is 0. The normalized spacial score (nSPS) is 16.7. The van der Waals surface area contributed by atoms with Crippen molar-refractivity contribution >= 4 is 21.9 Å². The summed E-state index contributed by atoms with van der Waals surface area (Å²) in [5, 5.41) is 2.86. The minimum atomic E-state index is -3.96. The number of carbonyl (C=O) groups is 2. The number of sulfonamides is 1. The van der Waals surface area contributed by atoms with Crippen LogP contribution in [0.2, 0.25) is 0 Å². The van der Waals surface area contributed by atoms with E-state index in [0.717, 1.165) is 60.7 Å². The summed E-state index contributed by atoms with van der Waals surface area (Å²) >= 11 is 0. The van der Waals surface area contributed by atoms with Crippen molar-refractivity contribution in [3.63, 3.8) is 0 Å². The zero-order chi connectivity index (χ0) is 20.0. The zero-order valence-electron chi connectivity index (χ0n) is 15.5. The van der Waals surface area contributed by atoms with Crippen molar-refractivity contribution in [3.8, 4) is 0 Å². The van der Waals surface area contributed by atoms with Gasteiger partial charge in [0.15, 0.2) is 6.10 Å². The molecule has 1 saturated carbocycles. The van der Waals surface area contributed by atoms with Gasteiger partial charge in [-0.2, -0.15) is 4.31 Å². The topological polar surface area (TPSA) is 92.8 Å². The lowest BCUT2D eigenvalue weighted by Crippen LogP contribution is -2.44. The first-order valence-corrected chi connectivity index (χ1v) is 10.4. The first kappa shape index (κ1) is 21.3. The second kappa shape index (κ2) is 9.27. The van der Waals surface area contributed by atoms with Crippen LogP contribution in [0.15, 0.2) is 29.2 Å². The summed E-state index contributed by atoms with van der Waals surface area (Å²) in [6, 6.07) is 4.38. The molecule has 0 bridgehead atoms. The Morgan fingerprint density at radius 1 is 1.22 bits per heavy atom. The molecule has 1 unspecified atom stereocenters. The van der Waals surface area contributed by atoms with Crippen molar-refractivity contribution in [3.05, 3.63) is 30.1 Å². The number of carbonyl (C=O) groups excluding carboxylic acids is 2. The van der Waals surface area contributed by atoms with Crippen LogP contribution in [-0.2, 0) is 24.3 Å². The number of hydrogen-bond acceptors (Lipinski definition) is 5. The first-order valence-electron chi connectivity index (χ1n) is 8.92. The molecule has 0 radical (unpaired) electrons. The minimum absolute atomic E-state index is 0.0916. The summed E-state index contributed by atoms with van der Waals surface area (Å²) in [5.74, 6) is -1.79. The van der Waals surface area contributed by atoms with Crippen LogP contribution in [0.3, 0.4) is 0 Å². The van der Waals surface area contributed by atoms with Crippen molar-refractivity contribution in [2.45, 2.75) is 56.1 Å². The lowest BCUT2D eigenvalue weighted by atomic mass is 9.95. The fraction of sp³-hybridized carbons (Fsp3) is 0.556. The fourth-order valence-electron chi connectivity index (χ4n) is 2.91. The van der Waals surface area contributed by atoms with E-state index in [4.69, 9.17) is 4.74 Å². The highest BCUT2D eigenvalue weighted by atomic mass is 32.2. The van der Waals surface area contributed by atoms with Crippen LogP contribution in [0.1, 0.15) is 39.0 Å². The maximum Gasteiger partial charge on any atom is 0.322 e. The van der Waals surface area contributed by atoms with Crippen molar-refractivity contribution in [1.29, 1.82) is 0 Å². The van der Waals surface area contributed by atoms with Gasteiger partial charge in [-0.15, -0.1) is 0 Å². The monoisotopic (exact) mass is 400 g/mol. The quantitative estimate of drug-likeness (QED) is 0.705. The smallest absolute Gasteiger partial charge is 0.322 e. The Hall–Kier alpha value is -2.00. The van der Waals surface area contributed by atoms with E-state index in [-0.39, 0.29) is 16.8 Å². The van der Waals surface area contributed by atoms with Crippen molar-refractivity contribution in [2.24, 2.45) is 0 Å². The molecule has 0 saturated heterocycles. The highest BCUT2D eigenvalue weighted by Crippen LogP contribution is 2.18. The van der Waals surface area contributed by atoms with Crippen LogP contribution in [-0.4, -0.2) is 50.3 Å². The summed E-state index contributed by atoms with van der Waals surface area (Å²) in [6.45, 7) is 0.894. The standard InChI is InChI=1S/C18H25FN2O5S/c1-13(18(23)20-15-6-4-3-5-7-15)26-17(22)12-21(2)27(24,25)16-10-8-14(19)9-11-16/h8-11,13,15H,3-7,12H2,1-2H3,(H,20,23). The lowest BCUT2D eigenvalue weighted by molar-refractivity contribution is -0.155. The van der Waals surface area contributed by atoms with E-state index in [0.29, 0.717) is 0 Å². The molecule has 27 heavy (non-hydrogen) atoms. The molecular weight excluding hydrogens is 375 g/mol. The van der Waals surface area contributed by atoms with E-state index in [1.807, 2.05) is 0 Å². The second-order valence-corrected chi connectivity index (χ2v) is 8.74. The van der Waals surface area contributed by atoms with Gasteiger partial charge in [0.1, 0.15) is 12.4 Å². The Balaban J connectivity index is 1.87. The first-order chi connectivity index (χ1) is 12.7. The Morgan fingerprint density at radius 3 is 2.41 bits per heavy atom. The van der Waals surface area contributed by atoms with E-state index in [1.54, 1.807) is 0 Å². The molecule has 1 atom stereocenters. The largest absolute Gasteiger partial charge is 0.452 e. The van der Waals surface area contributed by atoms with E-state index in [1.165, 1.54) is 14.0 Å². The molecular formula is C18H25FN2O5S. The number of hydrogen-bond donors (Lipinski definition) is 1. The van der Waals surface area contributed by atoms with Gasteiger partial charge in [0.25, 0.3) is 5.91 Å². The lowest BCUT2D eigenvalue weighted by Gasteiger charge is -2.24. The Morgan fingerprint density at radius 2 is 1.81 bits per heavy atom. The summed E-state index contributed by atoms with van der Waals surface area (Å²) in [6.07, 6.45) is 4.08. The summed E-state index contributed by atoms with van der Waals surface area (Å²) in [7, 11) is -2.75. The van der Waals surface area contributed by atoms with Gasteiger partial charge < -0.3 is 10.1 Å². The Bertz CT molecular complexity index is 760. The van der Waals surface area contributed by atoms with Gasteiger partial charge in [-0.1, -0.05) is 19.3 Å². The van der Waals surface area contributed by atoms with Crippen LogP contribution in [0.25, 0.3) is 0 Å². The highest BCUT2D eigenvalue weighted by Gasteiger charge is 2.26. The molecule has 0 heterocycles. The predicted molar refractivity (Wildman–Crippen MR) is 96.8 cm³/mol. The maximum atomic E-state index is 13.0. The molecule has 0 spiro atoms. The van der Waals surface area contributed by atoms with Gasteiger partial charge >= 0.3 is 5.97 Å². The maximum absolute atomic E-state index is 13.0. The molecule has 1 N–H and O–H groups in total. The fourth-order valence-corrected chi connectivity index (χ4v) is 4.02. The number of ether oxygens (including phenoxy) is 1. The number of rotatable bonds is 7.